The highest BCUT2D eigenvalue weighted by Crippen LogP contribution is 2.32. The molecule has 3 heteroatoms. The van der Waals surface area contributed by atoms with Crippen molar-refractivity contribution in [2.24, 2.45) is 5.41 Å². The fourth-order valence-electron chi connectivity index (χ4n) is 4.12. The standard InChI is InChI=1S/C32H27N3/c1-32(2,3)28-15-11-10-14-26(22-23-28)30-33-34-31(35(30)29-16-8-5-9-17-29)27-20-18-25(19-21-27)24-12-6-4-7-13-24/h4-6,8-9,12,16-23H,14-15H2,1-3H3/b26-22+,28-23+. The second-order valence-electron chi connectivity index (χ2n) is 9.65. The first kappa shape index (κ1) is 22.5. The van der Waals surface area contributed by atoms with Crippen LogP contribution in [0.4, 0.5) is 0 Å². The summed E-state index contributed by atoms with van der Waals surface area (Å²) in [6, 6.07) is 30.7. The van der Waals surface area contributed by atoms with E-state index in [0.29, 0.717) is 6.42 Å². The topological polar surface area (TPSA) is 30.7 Å². The molecule has 3 aromatic carbocycles. The molecular formula is C32H27N3. The lowest BCUT2D eigenvalue weighted by Crippen LogP contribution is -2.09. The monoisotopic (exact) mass is 453 g/mol. The summed E-state index contributed by atoms with van der Waals surface area (Å²) in [7, 11) is 0. The minimum Gasteiger partial charge on any atom is -0.275 e. The van der Waals surface area contributed by atoms with E-state index in [0.717, 1.165) is 46.0 Å². The summed E-state index contributed by atoms with van der Waals surface area (Å²) in [5.41, 5.74) is 6.58. The molecule has 0 fully saturated rings. The largest absolute Gasteiger partial charge is 0.275 e. The van der Waals surface area contributed by atoms with Crippen molar-refractivity contribution in [1.82, 2.24) is 14.8 Å². The van der Waals surface area contributed by atoms with Gasteiger partial charge in [-0.25, -0.2) is 0 Å². The van der Waals surface area contributed by atoms with Gasteiger partial charge in [-0.05, 0) is 35.2 Å². The molecule has 35 heavy (non-hydrogen) atoms. The molecule has 1 heterocycles. The Kier molecular flexibility index (Phi) is 6.09. The number of benzene rings is 2. The molecule has 0 saturated heterocycles. The lowest BCUT2D eigenvalue weighted by atomic mass is 9.83. The van der Waals surface area contributed by atoms with E-state index in [9.17, 15) is 0 Å². The van der Waals surface area contributed by atoms with Crippen molar-refractivity contribution in [2.45, 2.75) is 33.6 Å². The van der Waals surface area contributed by atoms with Crippen LogP contribution in [0.3, 0.4) is 0 Å². The lowest BCUT2D eigenvalue weighted by molar-refractivity contribution is 0.495. The predicted octanol–water partition coefficient (Wildman–Crippen LogP) is 7.35. The lowest BCUT2D eigenvalue weighted by Gasteiger charge is -2.22. The van der Waals surface area contributed by atoms with E-state index in [4.69, 9.17) is 0 Å². The summed E-state index contributed by atoms with van der Waals surface area (Å²) >= 11 is 0. The Balaban J connectivity index is 1.61. The number of hydrogen-bond acceptors (Lipinski definition) is 2. The summed E-state index contributed by atoms with van der Waals surface area (Å²) in [5, 5.41) is 9.32. The Bertz CT molecular complexity index is 1440. The summed E-state index contributed by atoms with van der Waals surface area (Å²) < 4.78 is 2.14. The number of aromatic nitrogens is 3. The first-order valence-corrected chi connectivity index (χ1v) is 11.9. The number of hydrogen-bond donors (Lipinski definition) is 0. The van der Waals surface area contributed by atoms with Crippen LogP contribution in [0.2, 0.25) is 0 Å². The van der Waals surface area contributed by atoms with Gasteiger partial charge < -0.3 is 0 Å². The summed E-state index contributed by atoms with van der Waals surface area (Å²) in [4.78, 5) is 0. The predicted molar refractivity (Wildman–Crippen MR) is 142 cm³/mol. The fourth-order valence-corrected chi connectivity index (χ4v) is 4.12. The Morgan fingerprint density at radius 2 is 1.46 bits per heavy atom. The zero-order valence-electron chi connectivity index (χ0n) is 20.3. The summed E-state index contributed by atoms with van der Waals surface area (Å²) in [5.74, 6) is 8.31. The van der Waals surface area contributed by atoms with Crippen molar-refractivity contribution >= 4 is 5.57 Å². The van der Waals surface area contributed by atoms with Crippen LogP contribution in [-0.4, -0.2) is 14.8 Å². The van der Waals surface area contributed by atoms with Crippen LogP contribution in [0.15, 0.2) is 90.5 Å². The Hall–Kier alpha value is -4.34. The molecule has 1 aromatic heterocycles. The van der Waals surface area contributed by atoms with E-state index in [1.54, 1.807) is 0 Å². The molecule has 5 rings (SSSR count). The molecule has 0 saturated carbocycles. The van der Waals surface area contributed by atoms with Gasteiger partial charge >= 0.3 is 0 Å². The van der Waals surface area contributed by atoms with Gasteiger partial charge in [-0.1, -0.05) is 111 Å². The Morgan fingerprint density at radius 1 is 0.743 bits per heavy atom. The van der Waals surface area contributed by atoms with Crippen LogP contribution in [-0.2, 0) is 0 Å². The van der Waals surface area contributed by atoms with E-state index in [-0.39, 0.29) is 5.41 Å². The molecule has 0 bridgehead atoms. The Morgan fingerprint density at radius 3 is 2.17 bits per heavy atom. The van der Waals surface area contributed by atoms with Gasteiger partial charge in [0.05, 0.1) is 0 Å². The molecule has 1 aliphatic carbocycles. The summed E-state index contributed by atoms with van der Waals surface area (Å²) in [6.45, 7) is 6.69. The third kappa shape index (κ3) is 4.81. The van der Waals surface area contributed by atoms with Gasteiger partial charge in [0.2, 0.25) is 0 Å². The van der Waals surface area contributed by atoms with Crippen LogP contribution in [0.1, 0.15) is 39.4 Å². The van der Waals surface area contributed by atoms with Crippen LogP contribution >= 0.6 is 0 Å². The average molecular weight is 454 g/mol. The molecule has 0 unspecified atom stereocenters. The molecule has 4 aromatic rings. The number of allylic oxidation sites excluding steroid dienone is 4. The molecule has 3 nitrogen and oxygen atoms in total. The van der Waals surface area contributed by atoms with Gasteiger partial charge in [0.25, 0.3) is 0 Å². The van der Waals surface area contributed by atoms with Crippen molar-refractivity contribution in [3.8, 4) is 40.0 Å². The average Bonchev–Trinajstić information content (AvgIpc) is 3.29. The highest BCUT2D eigenvalue weighted by Gasteiger charge is 2.20. The first-order valence-electron chi connectivity index (χ1n) is 11.9. The van der Waals surface area contributed by atoms with Crippen molar-refractivity contribution in [1.29, 1.82) is 0 Å². The zero-order valence-corrected chi connectivity index (χ0v) is 20.3. The number of para-hydroxylation sites is 1. The molecule has 0 amide bonds. The Labute approximate surface area is 207 Å². The number of rotatable bonds is 4. The molecule has 0 radical (unpaired) electrons. The molecular weight excluding hydrogens is 426 g/mol. The van der Waals surface area contributed by atoms with Gasteiger partial charge in [0, 0.05) is 35.2 Å². The quantitative estimate of drug-likeness (QED) is 0.302. The SMILES string of the molecule is CC(C)(C)/C1=C/C=C(/c2nnc(-c3ccc(-c4c#cccc4)cc3)n2-c2ccccc2)CC#CC1. The van der Waals surface area contributed by atoms with Crippen LogP contribution in [0.25, 0.3) is 33.8 Å². The highest BCUT2D eigenvalue weighted by molar-refractivity contribution is 5.72. The first-order chi connectivity index (χ1) is 17.0. The molecule has 0 aliphatic heterocycles. The normalized spacial score (nSPS) is 16.4. The summed E-state index contributed by atoms with van der Waals surface area (Å²) in [6.07, 6.45) is 5.83. The third-order valence-corrected chi connectivity index (χ3v) is 6.20. The van der Waals surface area contributed by atoms with Crippen molar-refractivity contribution in [2.75, 3.05) is 0 Å². The third-order valence-electron chi connectivity index (χ3n) is 6.20. The van der Waals surface area contributed by atoms with Crippen LogP contribution in [0.5, 0.6) is 0 Å². The van der Waals surface area contributed by atoms with Gasteiger partial charge in [-0.15, -0.1) is 10.2 Å². The zero-order chi connectivity index (χ0) is 24.3. The van der Waals surface area contributed by atoms with Crippen molar-refractivity contribution in [3.63, 3.8) is 0 Å². The fraction of sp³-hybridized carbons (Fsp3) is 0.188. The van der Waals surface area contributed by atoms with E-state index < -0.39 is 0 Å². The highest BCUT2D eigenvalue weighted by atomic mass is 15.3. The molecule has 170 valence electrons. The molecule has 0 spiro atoms. The van der Waals surface area contributed by atoms with Gasteiger partial charge in [0.1, 0.15) is 0 Å². The maximum atomic E-state index is 4.67. The van der Waals surface area contributed by atoms with E-state index in [2.05, 4.69) is 108 Å². The van der Waals surface area contributed by atoms with Gasteiger partial charge in [-0.3, -0.25) is 4.57 Å². The van der Waals surface area contributed by atoms with Gasteiger partial charge in [-0.2, -0.15) is 0 Å². The van der Waals surface area contributed by atoms with Gasteiger partial charge in [0.15, 0.2) is 11.6 Å². The minimum absolute atomic E-state index is 0.0710. The van der Waals surface area contributed by atoms with E-state index in [1.807, 2.05) is 36.4 Å². The minimum atomic E-state index is 0.0710. The molecule has 1 aliphatic rings. The van der Waals surface area contributed by atoms with Crippen LogP contribution < -0.4 is 0 Å². The van der Waals surface area contributed by atoms with Crippen LogP contribution in [0, 0.1) is 29.4 Å². The maximum Gasteiger partial charge on any atom is 0.168 e. The molecule has 0 N–H and O–H groups in total. The van der Waals surface area contributed by atoms with Crippen molar-refractivity contribution in [3.05, 3.63) is 108 Å². The second kappa shape index (κ2) is 9.49. The number of nitrogens with zero attached hydrogens (tertiary/aromatic N) is 3. The second-order valence-corrected chi connectivity index (χ2v) is 9.65. The maximum absolute atomic E-state index is 4.67. The smallest absolute Gasteiger partial charge is 0.168 e. The van der Waals surface area contributed by atoms with Crippen molar-refractivity contribution < 1.29 is 0 Å². The van der Waals surface area contributed by atoms with E-state index in [1.165, 1.54) is 5.57 Å². The molecule has 0 atom stereocenters. The van der Waals surface area contributed by atoms with E-state index >= 15 is 0 Å².